The molecule has 4 atom stereocenters. The number of rotatable bonds is 9. The molecule has 0 saturated carbocycles. The van der Waals surface area contributed by atoms with Crippen LogP contribution in [0.2, 0.25) is 0 Å². The van der Waals surface area contributed by atoms with Crippen molar-refractivity contribution in [1.82, 2.24) is 0 Å². The lowest BCUT2D eigenvalue weighted by Gasteiger charge is -2.31. The summed E-state index contributed by atoms with van der Waals surface area (Å²) in [5.41, 5.74) is 5.25. The molecule has 2 fully saturated rings. The third-order valence-corrected chi connectivity index (χ3v) is 9.71. The number of nitro benzene ring substituents is 1. The molecule has 9 heteroatoms. The maximum atomic E-state index is 13.9. The zero-order valence-electron chi connectivity index (χ0n) is 25.9. The van der Waals surface area contributed by atoms with Gasteiger partial charge in [-0.15, -0.1) is 0 Å². The summed E-state index contributed by atoms with van der Waals surface area (Å²) in [7, 11) is 1.62. The van der Waals surface area contributed by atoms with Gasteiger partial charge in [0.05, 0.1) is 41.8 Å². The first kappa shape index (κ1) is 30.5. The number of ether oxygens (including phenoxy) is 2. The van der Waals surface area contributed by atoms with Crippen LogP contribution in [0.15, 0.2) is 102 Å². The summed E-state index contributed by atoms with van der Waals surface area (Å²) < 4.78 is 12.0. The van der Waals surface area contributed by atoms with Crippen molar-refractivity contribution in [3.63, 3.8) is 0 Å². The number of allylic oxidation sites excluding steroid dienone is 1. The standard InChI is InChI=1S/C38H34N2O7/c1-46-21-26-19-31-36(38(43)39(37(31)42)27-10-7-11-28(20-27)40(44)45)32-22-47-34(35(26)32)17-15-24(23-8-3-2-4-9-23)18-25-14-16-33(41)30-13-6-5-12-29(25)30/h2-14,16,18,20,31-32,34,36,41H,15,17,19,21-22H2,1H3/b24-18-/t31-,32+,34-,36-/m1/s1. The highest BCUT2D eigenvalue weighted by Gasteiger charge is 2.57. The fourth-order valence-electron chi connectivity index (χ4n) is 7.64. The Bertz CT molecular complexity index is 1950. The van der Waals surface area contributed by atoms with Gasteiger partial charge in [-0.05, 0) is 64.6 Å². The summed E-state index contributed by atoms with van der Waals surface area (Å²) in [6, 6.07) is 27.3. The number of phenols is 1. The molecule has 47 heavy (non-hydrogen) atoms. The molecule has 3 aliphatic rings. The van der Waals surface area contributed by atoms with Crippen LogP contribution in [0.5, 0.6) is 5.75 Å². The zero-order chi connectivity index (χ0) is 32.7. The number of nitro groups is 1. The smallest absolute Gasteiger partial charge is 0.271 e. The van der Waals surface area contributed by atoms with Gasteiger partial charge in [0, 0.05) is 30.5 Å². The highest BCUT2D eigenvalue weighted by atomic mass is 16.6. The fraction of sp³-hybridized carbons (Fsp3) is 0.263. The molecule has 0 bridgehead atoms. The normalized spacial score (nSPS) is 22.6. The maximum Gasteiger partial charge on any atom is 0.271 e. The van der Waals surface area contributed by atoms with Crippen LogP contribution in [-0.4, -0.2) is 48.3 Å². The van der Waals surface area contributed by atoms with Gasteiger partial charge in [0.2, 0.25) is 11.8 Å². The minimum atomic E-state index is -0.602. The summed E-state index contributed by atoms with van der Waals surface area (Å²) in [5, 5.41) is 23.6. The van der Waals surface area contributed by atoms with Crippen LogP contribution in [0.1, 0.15) is 30.4 Å². The Hall–Kier alpha value is -5.12. The molecular weight excluding hydrogens is 596 g/mol. The molecular formula is C38H34N2O7. The first-order chi connectivity index (χ1) is 22.9. The molecule has 0 unspecified atom stereocenters. The molecule has 7 rings (SSSR count). The minimum absolute atomic E-state index is 0.177. The highest BCUT2D eigenvalue weighted by molar-refractivity contribution is 6.22. The van der Waals surface area contributed by atoms with E-state index in [1.54, 1.807) is 19.2 Å². The van der Waals surface area contributed by atoms with Gasteiger partial charge in [0.15, 0.2) is 0 Å². The number of imide groups is 1. The second-order valence-electron chi connectivity index (χ2n) is 12.3. The van der Waals surface area contributed by atoms with E-state index in [2.05, 4.69) is 18.2 Å². The van der Waals surface area contributed by atoms with Crippen LogP contribution < -0.4 is 4.90 Å². The van der Waals surface area contributed by atoms with Crippen molar-refractivity contribution in [2.24, 2.45) is 17.8 Å². The maximum absolute atomic E-state index is 13.9. The Kier molecular flexibility index (Phi) is 8.17. The Morgan fingerprint density at radius 3 is 2.51 bits per heavy atom. The van der Waals surface area contributed by atoms with Crippen molar-refractivity contribution in [1.29, 1.82) is 0 Å². The lowest BCUT2D eigenvalue weighted by atomic mass is 9.69. The van der Waals surface area contributed by atoms with Crippen molar-refractivity contribution in [2.75, 3.05) is 25.2 Å². The van der Waals surface area contributed by atoms with Crippen LogP contribution in [0.4, 0.5) is 11.4 Å². The number of carbonyl (C=O) groups excluding carboxylic acids is 2. The lowest BCUT2D eigenvalue weighted by Crippen LogP contribution is -2.35. The number of nitrogens with zero attached hydrogens (tertiary/aromatic N) is 2. The number of hydrogen-bond donors (Lipinski definition) is 1. The van der Waals surface area contributed by atoms with E-state index in [4.69, 9.17) is 9.47 Å². The van der Waals surface area contributed by atoms with Gasteiger partial charge in [0.1, 0.15) is 5.75 Å². The van der Waals surface area contributed by atoms with E-state index in [9.17, 15) is 24.8 Å². The predicted octanol–water partition coefficient (Wildman–Crippen LogP) is 6.94. The molecule has 0 radical (unpaired) electrons. The third kappa shape index (κ3) is 5.51. The van der Waals surface area contributed by atoms with E-state index in [0.717, 1.165) is 43.5 Å². The third-order valence-electron chi connectivity index (χ3n) is 9.71. The van der Waals surface area contributed by atoms with Crippen LogP contribution in [0.3, 0.4) is 0 Å². The van der Waals surface area contributed by atoms with E-state index in [-0.39, 0.29) is 41.0 Å². The van der Waals surface area contributed by atoms with Crippen LogP contribution >= 0.6 is 0 Å². The van der Waals surface area contributed by atoms with Gasteiger partial charge in [-0.2, -0.15) is 0 Å². The van der Waals surface area contributed by atoms with E-state index in [1.807, 2.05) is 48.5 Å². The quantitative estimate of drug-likeness (QED) is 0.0699. The van der Waals surface area contributed by atoms with Crippen LogP contribution in [-0.2, 0) is 19.1 Å². The average molecular weight is 631 g/mol. The number of aromatic hydroxyl groups is 1. The Balaban J connectivity index is 1.19. The van der Waals surface area contributed by atoms with Crippen LogP contribution in [0.25, 0.3) is 22.4 Å². The monoisotopic (exact) mass is 630 g/mol. The first-order valence-electron chi connectivity index (χ1n) is 15.8. The molecule has 9 nitrogen and oxygen atoms in total. The van der Waals surface area contributed by atoms with E-state index in [0.29, 0.717) is 32.5 Å². The average Bonchev–Trinajstić information content (AvgIpc) is 3.62. The Morgan fingerprint density at radius 1 is 0.979 bits per heavy atom. The van der Waals surface area contributed by atoms with E-state index < -0.39 is 16.8 Å². The molecule has 0 aromatic heterocycles. The number of non-ortho nitro benzene ring substituents is 1. The second-order valence-corrected chi connectivity index (χ2v) is 12.3. The molecule has 2 saturated heterocycles. The van der Waals surface area contributed by atoms with Crippen molar-refractivity contribution < 1.29 is 29.1 Å². The number of carbonyl (C=O) groups is 2. The largest absolute Gasteiger partial charge is 0.507 e. The number of anilines is 1. The number of phenolic OH excluding ortho intramolecular Hbond substituents is 1. The molecule has 2 aliphatic heterocycles. The SMILES string of the molecule is COCC1=C2[C@@H](CC/C(=C/c3ccc(O)c4ccccc34)c3ccccc3)OC[C@@H]2[C@@H]2C(=O)N(c3cccc([N+](=O)[O-])c3)C(=O)[C@@H]2C1. The van der Waals surface area contributed by atoms with Gasteiger partial charge in [-0.3, -0.25) is 19.7 Å². The van der Waals surface area contributed by atoms with Crippen molar-refractivity contribution in [2.45, 2.75) is 25.4 Å². The summed E-state index contributed by atoms with van der Waals surface area (Å²) in [4.78, 5) is 39.7. The minimum Gasteiger partial charge on any atom is -0.507 e. The molecule has 0 spiro atoms. The number of benzene rings is 4. The topological polar surface area (TPSA) is 119 Å². The van der Waals surface area contributed by atoms with Gasteiger partial charge in [0.25, 0.3) is 5.69 Å². The van der Waals surface area contributed by atoms with Gasteiger partial charge >= 0.3 is 0 Å². The van der Waals surface area contributed by atoms with Crippen LogP contribution in [0, 0.1) is 27.9 Å². The number of methoxy groups -OCH3 is 1. The molecule has 4 aromatic rings. The summed E-state index contributed by atoms with van der Waals surface area (Å²) in [6.45, 7) is 0.636. The van der Waals surface area contributed by atoms with Gasteiger partial charge in [-0.1, -0.05) is 72.8 Å². The van der Waals surface area contributed by atoms with Gasteiger partial charge < -0.3 is 14.6 Å². The van der Waals surface area contributed by atoms with E-state index >= 15 is 0 Å². The number of fused-ring (bicyclic) bond motifs is 4. The van der Waals surface area contributed by atoms with Crippen molar-refractivity contribution >= 4 is 45.6 Å². The molecule has 238 valence electrons. The number of hydrogen-bond acceptors (Lipinski definition) is 7. The highest BCUT2D eigenvalue weighted by Crippen LogP contribution is 2.51. The summed E-state index contributed by atoms with van der Waals surface area (Å²) >= 11 is 0. The number of amides is 2. The summed E-state index contributed by atoms with van der Waals surface area (Å²) in [5.74, 6) is -1.91. The van der Waals surface area contributed by atoms with Crippen molar-refractivity contribution in [3.8, 4) is 5.75 Å². The Morgan fingerprint density at radius 2 is 1.74 bits per heavy atom. The fourth-order valence-corrected chi connectivity index (χ4v) is 7.64. The lowest BCUT2D eigenvalue weighted by molar-refractivity contribution is -0.384. The second kappa shape index (κ2) is 12.6. The molecule has 1 N–H and O–H groups in total. The van der Waals surface area contributed by atoms with Crippen molar-refractivity contribution in [3.05, 3.63) is 123 Å². The van der Waals surface area contributed by atoms with Gasteiger partial charge in [-0.25, -0.2) is 4.90 Å². The molecule has 2 amide bonds. The summed E-state index contributed by atoms with van der Waals surface area (Å²) in [6.07, 6.45) is 3.62. The molecule has 1 aliphatic carbocycles. The first-order valence-corrected chi connectivity index (χ1v) is 15.8. The predicted molar refractivity (Wildman–Crippen MR) is 178 cm³/mol. The zero-order valence-corrected chi connectivity index (χ0v) is 25.9. The van der Waals surface area contributed by atoms with E-state index in [1.165, 1.54) is 18.2 Å². The molecule has 2 heterocycles. The Labute approximate surface area is 271 Å². The molecule has 4 aromatic carbocycles.